The fraction of sp³-hybridized carbons (Fsp3) is 0.100. The summed E-state index contributed by atoms with van der Waals surface area (Å²) < 4.78 is 44.0. The molecule has 0 saturated carbocycles. The van der Waals surface area contributed by atoms with Gasteiger partial charge in [-0.05, 0) is 65.6 Å². The summed E-state index contributed by atoms with van der Waals surface area (Å²) in [5.41, 5.74) is 1.16. The van der Waals surface area contributed by atoms with Crippen molar-refractivity contribution in [3.63, 3.8) is 0 Å². The molecule has 29 heavy (non-hydrogen) atoms. The quantitative estimate of drug-likeness (QED) is 0.315. The average Bonchev–Trinajstić information content (AvgIpc) is 2.94. The number of amides is 1. The van der Waals surface area contributed by atoms with E-state index in [1.165, 1.54) is 29.2 Å². The Morgan fingerprint density at radius 2 is 1.93 bits per heavy atom. The van der Waals surface area contributed by atoms with Gasteiger partial charge >= 0.3 is 0 Å². The third-order valence-corrected chi connectivity index (χ3v) is 7.22. The Hall–Kier alpha value is -1.98. The lowest BCUT2D eigenvalue weighted by atomic mass is 10.2. The Morgan fingerprint density at radius 1 is 1.24 bits per heavy atom. The van der Waals surface area contributed by atoms with E-state index in [0.717, 1.165) is 17.3 Å². The highest BCUT2D eigenvalue weighted by atomic mass is 127. The lowest BCUT2D eigenvalue weighted by Crippen LogP contribution is -2.29. The van der Waals surface area contributed by atoms with E-state index in [-0.39, 0.29) is 27.1 Å². The Kier molecular flexibility index (Phi) is 6.59. The number of carbonyl (C=O) groups excluding carboxylic acids is 1. The van der Waals surface area contributed by atoms with Crippen molar-refractivity contribution in [1.29, 1.82) is 0 Å². The molecule has 0 N–H and O–H groups in total. The summed E-state index contributed by atoms with van der Waals surface area (Å²) in [5, 5.41) is 0.00719. The minimum atomic E-state index is -4.01. The summed E-state index contributed by atoms with van der Waals surface area (Å²) in [6.07, 6.45) is 2.88. The van der Waals surface area contributed by atoms with Gasteiger partial charge in [0.15, 0.2) is 5.17 Å². The van der Waals surface area contributed by atoms with Crippen molar-refractivity contribution in [2.75, 3.05) is 6.54 Å². The number of thioether (sulfide) groups is 1. The molecule has 1 saturated heterocycles. The molecule has 0 atom stereocenters. The van der Waals surface area contributed by atoms with Crippen molar-refractivity contribution in [2.24, 2.45) is 4.40 Å². The van der Waals surface area contributed by atoms with Crippen molar-refractivity contribution in [1.82, 2.24) is 4.90 Å². The number of nitrogens with zero attached hydrogens (tertiary/aromatic N) is 2. The van der Waals surface area contributed by atoms with Crippen molar-refractivity contribution in [3.05, 3.63) is 80.5 Å². The van der Waals surface area contributed by atoms with Crippen LogP contribution in [-0.4, -0.2) is 30.9 Å². The largest absolute Gasteiger partial charge is 0.284 e. The molecule has 0 radical (unpaired) electrons. The second-order valence-corrected chi connectivity index (χ2v) is 9.90. The Morgan fingerprint density at radius 3 is 2.59 bits per heavy atom. The number of halogens is 2. The van der Waals surface area contributed by atoms with Crippen LogP contribution in [0.2, 0.25) is 0 Å². The number of benzene rings is 2. The van der Waals surface area contributed by atoms with E-state index in [4.69, 9.17) is 0 Å². The van der Waals surface area contributed by atoms with E-state index in [1.54, 1.807) is 30.3 Å². The van der Waals surface area contributed by atoms with Gasteiger partial charge in [-0.25, -0.2) is 4.39 Å². The van der Waals surface area contributed by atoms with Crippen molar-refractivity contribution in [3.8, 4) is 0 Å². The van der Waals surface area contributed by atoms with Gasteiger partial charge in [0.2, 0.25) is 0 Å². The maximum absolute atomic E-state index is 14.3. The van der Waals surface area contributed by atoms with E-state index in [0.29, 0.717) is 3.57 Å². The number of hydrogen-bond donors (Lipinski definition) is 0. The standard InChI is InChI=1S/C20H16FIN2O3S2/c1-3-11-24-19(25)17(12-14-5-4-6-16(22)18(14)21)28-20(24)23-29(26,27)15-9-7-13(2)8-10-15/h3-10,12H,1,11H2,2H3/b17-12-,23-20?. The lowest BCUT2D eigenvalue weighted by molar-refractivity contribution is -0.121. The molecule has 3 rings (SSSR count). The molecular formula is C20H16FIN2O3S2. The molecule has 0 spiro atoms. The second-order valence-electron chi connectivity index (χ2n) is 6.12. The first kappa shape index (κ1) is 21.7. The minimum absolute atomic E-state index is 0.00719. The van der Waals surface area contributed by atoms with E-state index in [9.17, 15) is 17.6 Å². The fourth-order valence-electron chi connectivity index (χ4n) is 2.51. The number of sulfonamides is 1. The van der Waals surface area contributed by atoms with E-state index in [1.807, 2.05) is 29.5 Å². The van der Waals surface area contributed by atoms with E-state index < -0.39 is 21.7 Å². The van der Waals surface area contributed by atoms with Crippen molar-refractivity contribution in [2.45, 2.75) is 11.8 Å². The number of aryl methyl sites for hydroxylation is 1. The molecule has 2 aromatic rings. The number of amidine groups is 1. The highest BCUT2D eigenvalue weighted by molar-refractivity contribution is 14.1. The summed E-state index contributed by atoms with van der Waals surface area (Å²) in [4.78, 5) is 14.2. The molecule has 1 aliphatic rings. The summed E-state index contributed by atoms with van der Waals surface area (Å²) in [6, 6.07) is 11.1. The van der Waals surface area contributed by atoms with Gasteiger partial charge in [0.05, 0.1) is 9.80 Å². The molecule has 0 unspecified atom stereocenters. The Labute approximate surface area is 186 Å². The first-order chi connectivity index (χ1) is 13.7. The SMILES string of the molecule is C=CCN1C(=O)/C(=C/c2cccc(I)c2F)SC1=NS(=O)(=O)c1ccc(C)cc1. The van der Waals surface area contributed by atoms with Crippen LogP contribution in [0.4, 0.5) is 4.39 Å². The van der Waals surface area contributed by atoms with Crippen LogP contribution in [0.1, 0.15) is 11.1 Å². The smallest absolute Gasteiger partial charge is 0.282 e. The number of carbonyl (C=O) groups is 1. The van der Waals surface area contributed by atoms with Gasteiger partial charge in [0.1, 0.15) is 5.82 Å². The zero-order valence-electron chi connectivity index (χ0n) is 15.3. The van der Waals surface area contributed by atoms with E-state index >= 15 is 0 Å². The Balaban J connectivity index is 2.02. The van der Waals surface area contributed by atoms with E-state index in [2.05, 4.69) is 11.0 Å². The molecule has 5 nitrogen and oxygen atoms in total. The third kappa shape index (κ3) is 4.78. The van der Waals surface area contributed by atoms with Gasteiger partial charge in [0, 0.05) is 15.7 Å². The zero-order valence-corrected chi connectivity index (χ0v) is 19.1. The maximum Gasteiger partial charge on any atom is 0.284 e. The predicted molar refractivity (Wildman–Crippen MR) is 122 cm³/mol. The molecule has 0 aliphatic carbocycles. The molecule has 1 amide bonds. The van der Waals surface area contributed by atoms with Crippen molar-refractivity contribution >= 4 is 61.5 Å². The van der Waals surface area contributed by atoms with Gasteiger partial charge in [0.25, 0.3) is 15.9 Å². The van der Waals surface area contributed by atoms with Gasteiger partial charge in [-0.3, -0.25) is 9.69 Å². The van der Waals surface area contributed by atoms with Crippen LogP contribution in [0, 0.1) is 16.3 Å². The predicted octanol–water partition coefficient (Wildman–Crippen LogP) is 4.59. The van der Waals surface area contributed by atoms with Gasteiger partial charge < -0.3 is 0 Å². The van der Waals surface area contributed by atoms with Crippen LogP contribution in [0.5, 0.6) is 0 Å². The molecule has 1 aliphatic heterocycles. The summed E-state index contributed by atoms with van der Waals surface area (Å²) in [7, 11) is -4.01. The second kappa shape index (κ2) is 8.80. The highest BCUT2D eigenvalue weighted by Crippen LogP contribution is 2.34. The average molecular weight is 542 g/mol. The van der Waals surface area contributed by atoms with Gasteiger partial charge in [-0.1, -0.05) is 35.9 Å². The highest BCUT2D eigenvalue weighted by Gasteiger charge is 2.34. The summed E-state index contributed by atoms with van der Waals surface area (Å²) in [6.45, 7) is 5.54. The molecular weight excluding hydrogens is 526 g/mol. The Bertz CT molecular complexity index is 1140. The molecule has 9 heteroatoms. The third-order valence-electron chi connectivity index (χ3n) is 3.98. The lowest BCUT2D eigenvalue weighted by Gasteiger charge is -2.12. The van der Waals surface area contributed by atoms with Crippen LogP contribution in [-0.2, 0) is 14.8 Å². The number of hydrogen-bond acceptors (Lipinski definition) is 4. The first-order valence-corrected chi connectivity index (χ1v) is 11.7. The molecule has 1 fully saturated rings. The van der Waals surface area contributed by atoms with Gasteiger partial charge in [-0.15, -0.1) is 11.0 Å². The fourth-order valence-corrected chi connectivity index (χ4v) is 5.20. The normalized spacial score (nSPS) is 17.3. The summed E-state index contributed by atoms with van der Waals surface area (Å²) >= 11 is 2.76. The van der Waals surface area contributed by atoms with Crippen molar-refractivity contribution < 1.29 is 17.6 Å². The molecule has 0 aromatic heterocycles. The van der Waals surface area contributed by atoms with Crippen LogP contribution < -0.4 is 0 Å². The van der Waals surface area contributed by atoms with Crippen LogP contribution in [0.3, 0.4) is 0 Å². The molecule has 0 bridgehead atoms. The van der Waals surface area contributed by atoms with Crippen LogP contribution >= 0.6 is 34.4 Å². The van der Waals surface area contributed by atoms with Gasteiger partial charge in [-0.2, -0.15) is 8.42 Å². The number of rotatable bonds is 5. The van der Waals surface area contributed by atoms with Crippen LogP contribution in [0.25, 0.3) is 6.08 Å². The maximum atomic E-state index is 14.3. The topological polar surface area (TPSA) is 66.8 Å². The van der Waals surface area contributed by atoms with Crippen LogP contribution in [0.15, 0.2) is 69.3 Å². The summed E-state index contributed by atoms with van der Waals surface area (Å²) in [5.74, 6) is -0.895. The molecule has 2 aromatic carbocycles. The first-order valence-electron chi connectivity index (χ1n) is 8.41. The molecule has 150 valence electrons. The molecule has 1 heterocycles. The zero-order chi connectivity index (χ0) is 21.2. The minimum Gasteiger partial charge on any atom is -0.282 e. The monoisotopic (exact) mass is 542 g/mol.